The van der Waals surface area contributed by atoms with E-state index in [2.05, 4.69) is 10.3 Å². The van der Waals surface area contributed by atoms with E-state index in [1.165, 1.54) is 29.1 Å². The van der Waals surface area contributed by atoms with E-state index >= 15 is 0 Å². The van der Waals surface area contributed by atoms with E-state index in [0.29, 0.717) is 16.8 Å². The number of aryl methyl sites for hydroxylation is 1. The molecule has 1 aromatic heterocycles. The van der Waals surface area contributed by atoms with Gasteiger partial charge in [-0.3, -0.25) is 19.6 Å². The monoisotopic (exact) mass is 304 g/mol. The van der Waals surface area contributed by atoms with E-state index in [-0.39, 0.29) is 18.7 Å². The van der Waals surface area contributed by atoms with Crippen molar-refractivity contribution in [3.8, 4) is 11.3 Å². The number of nitro benzene ring substituents is 1. The van der Waals surface area contributed by atoms with E-state index in [4.69, 9.17) is 10.3 Å². The molecule has 0 aliphatic carbocycles. The maximum absolute atomic E-state index is 10.8. The van der Waals surface area contributed by atoms with E-state index in [1.807, 2.05) is 0 Å². The van der Waals surface area contributed by atoms with Gasteiger partial charge in [0.1, 0.15) is 5.69 Å². The molecule has 114 valence electrons. The summed E-state index contributed by atoms with van der Waals surface area (Å²) in [4.78, 5) is 20.9. The fourth-order valence-electron chi connectivity index (χ4n) is 1.91. The minimum Gasteiger partial charge on any atom is -0.481 e. The molecule has 1 heterocycles. The molecule has 2 rings (SSSR count). The molecule has 22 heavy (non-hydrogen) atoms. The molecule has 0 aliphatic heterocycles. The molecule has 0 aliphatic rings. The van der Waals surface area contributed by atoms with Crippen molar-refractivity contribution in [2.75, 3.05) is 0 Å². The van der Waals surface area contributed by atoms with E-state index < -0.39 is 10.9 Å². The predicted octanol–water partition coefficient (Wildman–Crippen LogP) is 1.74. The topological polar surface area (TPSA) is 131 Å². The van der Waals surface area contributed by atoms with Crippen LogP contribution in [0.5, 0.6) is 0 Å². The Hall–Kier alpha value is -3.23. The summed E-state index contributed by atoms with van der Waals surface area (Å²) in [5.41, 5.74) is 1.17. The molecule has 0 unspecified atom stereocenters. The fraction of sp³-hybridized carbons (Fsp3) is 0.154. The summed E-state index contributed by atoms with van der Waals surface area (Å²) in [7, 11) is 0. The minimum absolute atomic E-state index is 0.0931. The van der Waals surface area contributed by atoms with Gasteiger partial charge in [-0.1, -0.05) is 17.3 Å². The van der Waals surface area contributed by atoms with Gasteiger partial charge in [-0.25, -0.2) is 0 Å². The number of aliphatic carboxylic acids is 1. The molecule has 0 bridgehead atoms. The average Bonchev–Trinajstić information content (AvgIpc) is 2.89. The summed E-state index contributed by atoms with van der Waals surface area (Å²) in [5.74, 6) is -0.968. The zero-order valence-electron chi connectivity index (χ0n) is 11.3. The van der Waals surface area contributed by atoms with Gasteiger partial charge in [0.2, 0.25) is 0 Å². The lowest BCUT2D eigenvalue weighted by molar-refractivity contribution is -0.384. The number of nitro groups is 1. The Morgan fingerprint density at radius 3 is 2.91 bits per heavy atom. The second kappa shape index (κ2) is 6.48. The Morgan fingerprint density at radius 1 is 1.50 bits per heavy atom. The standard InChI is InChI=1S/C13H12N4O5/c18-12(19)4-5-16-8-10(7-14-20)13(15-16)9-2-1-3-11(6-9)17(21)22/h1-3,6-8,20H,4-5H2,(H,18,19). The van der Waals surface area contributed by atoms with Crippen LogP contribution in [0.2, 0.25) is 0 Å². The lowest BCUT2D eigenvalue weighted by Gasteiger charge is -1.99. The van der Waals surface area contributed by atoms with Crippen LogP contribution in [0.25, 0.3) is 11.3 Å². The number of rotatable bonds is 6. The molecule has 0 saturated carbocycles. The third-order valence-electron chi connectivity index (χ3n) is 2.87. The van der Waals surface area contributed by atoms with Gasteiger partial charge in [0.05, 0.1) is 24.1 Å². The first-order valence-corrected chi connectivity index (χ1v) is 6.22. The van der Waals surface area contributed by atoms with Crippen LogP contribution < -0.4 is 0 Å². The Balaban J connectivity index is 2.42. The molecular formula is C13H12N4O5. The van der Waals surface area contributed by atoms with Gasteiger partial charge < -0.3 is 10.3 Å². The van der Waals surface area contributed by atoms with Gasteiger partial charge in [-0.05, 0) is 0 Å². The summed E-state index contributed by atoms with van der Waals surface area (Å²) < 4.78 is 1.39. The normalized spacial score (nSPS) is 10.9. The van der Waals surface area contributed by atoms with E-state index in [9.17, 15) is 14.9 Å². The molecule has 2 aromatic rings. The summed E-state index contributed by atoms with van der Waals surface area (Å²) in [6, 6.07) is 5.85. The van der Waals surface area contributed by atoms with Crippen molar-refractivity contribution in [3.63, 3.8) is 0 Å². The minimum atomic E-state index is -0.968. The second-order valence-electron chi connectivity index (χ2n) is 4.39. The van der Waals surface area contributed by atoms with Crippen molar-refractivity contribution in [3.05, 3.63) is 46.1 Å². The van der Waals surface area contributed by atoms with Crippen LogP contribution in [0, 0.1) is 10.1 Å². The number of non-ortho nitro benzene ring substituents is 1. The highest BCUT2D eigenvalue weighted by molar-refractivity contribution is 5.88. The van der Waals surface area contributed by atoms with Crippen LogP contribution in [0.4, 0.5) is 5.69 Å². The van der Waals surface area contributed by atoms with Crippen LogP contribution in [0.15, 0.2) is 35.6 Å². The average molecular weight is 304 g/mol. The largest absolute Gasteiger partial charge is 0.481 e. The number of aromatic nitrogens is 2. The Labute approximate surface area is 124 Å². The molecule has 0 atom stereocenters. The first-order valence-electron chi connectivity index (χ1n) is 6.22. The lowest BCUT2D eigenvalue weighted by Crippen LogP contribution is -2.04. The quantitative estimate of drug-likeness (QED) is 0.361. The van der Waals surface area contributed by atoms with Crippen molar-refractivity contribution >= 4 is 17.9 Å². The number of benzene rings is 1. The number of oxime groups is 1. The zero-order chi connectivity index (χ0) is 16.1. The van der Waals surface area contributed by atoms with E-state index in [0.717, 1.165) is 6.21 Å². The van der Waals surface area contributed by atoms with Crippen LogP contribution in [0.3, 0.4) is 0 Å². The van der Waals surface area contributed by atoms with E-state index in [1.54, 1.807) is 6.07 Å². The Kier molecular flexibility index (Phi) is 4.47. The number of hydrogen-bond acceptors (Lipinski definition) is 6. The molecule has 1 aromatic carbocycles. The van der Waals surface area contributed by atoms with Crippen molar-refractivity contribution in [2.45, 2.75) is 13.0 Å². The van der Waals surface area contributed by atoms with Crippen LogP contribution in [0.1, 0.15) is 12.0 Å². The van der Waals surface area contributed by atoms with Gasteiger partial charge in [0.15, 0.2) is 0 Å². The van der Waals surface area contributed by atoms with Crippen molar-refractivity contribution < 1.29 is 20.0 Å². The van der Waals surface area contributed by atoms with Gasteiger partial charge in [0.25, 0.3) is 5.69 Å². The first-order chi connectivity index (χ1) is 10.5. The number of carboxylic acid groups (broad SMARTS) is 1. The molecular weight excluding hydrogens is 292 g/mol. The second-order valence-corrected chi connectivity index (χ2v) is 4.39. The highest BCUT2D eigenvalue weighted by Gasteiger charge is 2.14. The zero-order valence-corrected chi connectivity index (χ0v) is 11.3. The summed E-state index contributed by atoms with van der Waals surface area (Å²) in [6.45, 7) is 0.135. The molecule has 0 spiro atoms. The lowest BCUT2D eigenvalue weighted by atomic mass is 10.1. The number of carbonyl (C=O) groups is 1. The maximum atomic E-state index is 10.8. The number of hydrogen-bond donors (Lipinski definition) is 2. The molecule has 9 nitrogen and oxygen atoms in total. The molecule has 0 radical (unpaired) electrons. The summed E-state index contributed by atoms with van der Waals surface area (Å²) in [5, 5.41) is 35.3. The highest BCUT2D eigenvalue weighted by Crippen LogP contribution is 2.25. The Bertz CT molecular complexity index is 738. The fourth-order valence-corrected chi connectivity index (χ4v) is 1.91. The van der Waals surface area contributed by atoms with Crippen LogP contribution >= 0.6 is 0 Å². The third-order valence-corrected chi connectivity index (χ3v) is 2.87. The third kappa shape index (κ3) is 3.45. The van der Waals surface area contributed by atoms with Gasteiger partial charge >= 0.3 is 5.97 Å². The number of carboxylic acids is 1. The molecule has 2 N–H and O–H groups in total. The maximum Gasteiger partial charge on any atom is 0.305 e. The van der Waals surface area contributed by atoms with Gasteiger partial charge in [-0.2, -0.15) is 5.10 Å². The predicted molar refractivity (Wildman–Crippen MR) is 76.0 cm³/mol. The molecule has 9 heteroatoms. The summed E-state index contributed by atoms with van der Waals surface area (Å²) in [6.07, 6.45) is 2.53. The molecule has 0 fully saturated rings. The van der Waals surface area contributed by atoms with Crippen LogP contribution in [-0.4, -0.2) is 37.2 Å². The Morgan fingerprint density at radius 2 is 2.27 bits per heavy atom. The molecule has 0 saturated heterocycles. The number of nitrogens with zero attached hydrogens (tertiary/aromatic N) is 4. The van der Waals surface area contributed by atoms with Crippen LogP contribution in [-0.2, 0) is 11.3 Å². The van der Waals surface area contributed by atoms with Crippen molar-refractivity contribution in [1.82, 2.24) is 9.78 Å². The summed E-state index contributed by atoms with van der Waals surface area (Å²) >= 11 is 0. The van der Waals surface area contributed by atoms with Crippen molar-refractivity contribution in [2.24, 2.45) is 5.16 Å². The SMILES string of the molecule is O=C(O)CCn1cc(C=NO)c(-c2cccc([N+](=O)[O-])c2)n1. The smallest absolute Gasteiger partial charge is 0.305 e. The van der Waals surface area contributed by atoms with Gasteiger partial charge in [-0.15, -0.1) is 0 Å². The first kappa shape index (κ1) is 15.2. The highest BCUT2D eigenvalue weighted by atomic mass is 16.6. The van der Waals surface area contributed by atoms with Gasteiger partial charge in [0, 0.05) is 29.5 Å². The van der Waals surface area contributed by atoms with Crippen molar-refractivity contribution in [1.29, 1.82) is 0 Å². The molecule has 0 amide bonds.